The zero-order valence-electron chi connectivity index (χ0n) is 15.8. The minimum Gasteiger partial charge on any atom is -0.307 e. The Kier molecular flexibility index (Phi) is 6.41. The Morgan fingerprint density at radius 3 is 2.37 bits per heavy atom. The molecule has 1 aromatic rings. The van der Waals surface area contributed by atoms with Gasteiger partial charge < -0.3 is 5.32 Å². The maximum Gasteiger partial charge on any atom is 0.416 e. The summed E-state index contributed by atoms with van der Waals surface area (Å²) in [6.07, 6.45) is -2.90. The van der Waals surface area contributed by atoms with E-state index in [1.165, 1.54) is 6.07 Å². The molecule has 0 amide bonds. The fourth-order valence-electron chi connectivity index (χ4n) is 3.22. The quantitative estimate of drug-likeness (QED) is 0.748. The highest BCUT2D eigenvalue weighted by Gasteiger charge is 2.35. The Bertz CT molecular complexity index is 776. The number of benzene rings is 1. The van der Waals surface area contributed by atoms with Crippen LogP contribution in [-0.2, 0) is 20.8 Å². The topological polar surface area (TPSA) is 63.2 Å². The summed E-state index contributed by atoms with van der Waals surface area (Å²) in [7, 11) is -3.78. The van der Waals surface area contributed by atoms with E-state index in [0.717, 1.165) is 12.1 Å². The highest BCUT2D eigenvalue weighted by molar-refractivity contribution is 7.91. The van der Waals surface area contributed by atoms with E-state index in [1.807, 2.05) is 20.8 Å². The molecular weight excluding hydrogens is 379 g/mol. The lowest BCUT2D eigenvalue weighted by atomic mass is 9.81. The van der Waals surface area contributed by atoms with Crippen molar-refractivity contribution < 1.29 is 26.4 Å². The summed E-state index contributed by atoms with van der Waals surface area (Å²) in [5.74, 6) is -0.176. The van der Waals surface area contributed by atoms with E-state index in [2.05, 4.69) is 5.32 Å². The van der Waals surface area contributed by atoms with E-state index in [0.29, 0.717) is 25.3 Å². The third-order valence-corrected chi connectivity index (χ3v) is 6.41. The van der Waals surface area contributed by atoms with Gasteiger partial charge in [0.1, 0.15) is 5.78 Å². The SMILES string of the molecule is CC(C)(C)CC(=O)CNC1CC(CS(=O)(=O)c2cccc(C(F)(F)F)c2)C1. The summed E-state index contributed by atoms with van der Waals surface area (Å²) in [4.78, 5) is 11.6. The van der Waals surface area contributed by atoms with Crippen molar-refractivity contribution in [2.45, 2.75) is 57.1 Å². The molecule has 1 fully saturated rings. The van der Waals surface area contributed by atoms with E-state index in [4.69, 9.17) is 0 Å². The molecule has 8 heteroatoms. The van der Waals surface area contributed by atoms with Gasteiger partial charge in [-0.3, -0.25) is 4.79 Å². The summed E-state index contributed by atoms with van der Waals surface area (Å²) in [5, 5.41) is 3.13. The summed E-state index contributed by atoms with van der Waals surface area (Å²) in [5.41, 5.74) is -1.03. The number of hydrogen-bond donors (Lipinski definition) is 1. The van der Waals surface area contributed by atoms with Crippen LogP contribution in [0.5, 0.6) is 0 Å². The van der Waals surface area contributed by atoms with Gasteiger partial charge in [0.15, 0.2) is 9.84 Å². The lowest BCUT2D eigenvalue weighted by Crippen LogP contribution is -2.45. The van der Waals surface area contributed by atoms with Gasteiger partial charge in [0.05, 0.1) is 22.8 Å². The summed E-state index contributed by atoms with van der Waals surface area (Å²) >= 11 is 0. The van der Waals surface area contributed by atoms with Crippen molar-refractivity contribution in [2.24, 2.45) is 11.3 Å². The number of nitrogens with one attached hydrogen (secondary N) is 1. The van der Waals surface area contributed by atoms with E-state index >= 15 is 0 Å². The molecule has 1 aromatic carbocycles. The first-order valence-corrected chi connectivity index (χ1v) is 10.6. The van der Waals surface area contributed by atoms with Crippen LogP contribution in [0.15, 0.2) is 29.2 Å². The second-order valence-electron chi connectivity index (χ2n) is 8.50. The minimum absolute atomic E-state index is 0.0695. The van der Waals surface area contributed by atoms with Crippen LogP contribution in [0.3, 0.4) is 0 Å². The summed E-state index contributed by atoms with van der Waals surface area (Å²) in [6.45, 7) is 6.23. The zero-order chi connectivity index (χ0) is 20.5. The van der Waals surface area contributed by atoms with Gasteiger partial charge in [-0.15, -0.1) is 0 Å². The van der Waals surface area contributed by atoms with Crippen molar-refractivity contribution in [3.05, 3.63) is 29.8 Å². The predicted octanol–water partition coefficient (Wildman–Crippen LogP) is 3.85. The third-order valence-electron chi connectivity index (χ3n) is 4.53. The lowest BCUT2D eigenvalue weighted by Gasteiger charge is -2.36. The highest BCUT2D eigenvalue weighted by atomic mass is 32.2. The number of ketones is 1. The maximum absolute atomic E-state index is 12.8. The van der Waals surface area contributed by atoms with Gasteiger partial charge in [0, 0.05) is 12.5 Å². The first kappa shape index (κ1) is 21.9. The molecule has 152 valence electrons. The molecular formula is C19H26F3NO3S. The Labute approximate surface area is 158 Å². The van der Waals surface area contributed by atoms with Crippen LogP contribution in [0.2, 0.25) is 0 Å². The number of carbonyl (C=O) groups is 1. The first-order valence-electron chi connectivity index (χ1n) is 8.91. The number of carbonyl (C=O) groups excluding carboxylic acids is 1. The summed E-state index contributed by atoms with van der Waals surface area (Å²) < 4.78 is 63.1. The lowest BCUT2D eigenvalue weighted by molar-refractivity contribution is -0.137. The fourth-order valence-corrected chi connectivity index (χ4v) is 4.90. The molecule has 0 spiro atoms. The second kappa shape index (κ2) is 7.91. The van der Waals surface area contributed by atoms with Crippen molar-refractivity contribution in [3.8, 4) is 0 Å². The molecule has 1 saturated carbocycles. The smallest absolute Gasteiger partial charge is 0.307 e. The Morgan fingerprint density at radius 2 is 1.81 bits per heavy atom. The molecule has 2 rings (SSSR count). The van der Waals surface area contributed by atoms with Gasteiger partial charge in [0.25, 0.3) is 0 Å². The number of rotatable bonds is 7. The van der Waals surface area contributed by atoms with Crippen molar-refractivity contribution in [1.82, 2.24) is 5.32 Å². The average Bonchev–Trinajstić information content (AvgIpc) is 2.47. The molecule has 0 atom stereocenters. The molecule has 0 saturated heterocycles. The number of hydrogen-bond acceptors (Lipinski definition) is 4. The van der Waals surface area contributed by atoms with Crippen molar-refractivity contribution >= 4 is 15.6 Å². The van der Waals surface area contributed by atoms with Crippen LogP contribution in [0, 0.1) is 11.3 Å². The van der Waals surface area contributed by atoms with Crippen LogP contribution in [0.4, 0.5) is 13.2 Å². The molecule has 27 heavy (non-hydrogen) atoms. The van der Waals surface area contributed by atoms with Gasteiger partial charge in [0.2, 0.25) is 0 Å². The van der Waals surface area contributed by atoms with Gasteiger partial charge in [-0.2, -0.15) is 13.2 Å². The Morgan fingerprint density at radius 1 is 1.19 bits per heavy atom. The number of Topliss-reactive ketones (excluding diaryl/α,β-unsaturated/α-hetero) is 1. The molecule has 4 nitrogen and oxygen atoms in total. The largest absolute Gasteiger partial charge is 0.416 e. The zero-order valence-corrected chi connectivity index (χ0v) is 16.6. The van der Waals surface area contributed by atoms with Gasteiger partial charge >= 0.3 is 6.18 Å². The van der Waals surface area contributed by atoms with Crippen LogP contribution >= 0.6 is 0 Å². The molecule has 1 N–H and O–H groups in total. The van der Waals surface area contributed by atoms with E-state index in [9.17, 15) is 26.4 Å². The molecule has 0 heterocycles. The van der Waals surface area contributed by atoms with Crippen molar-refractivity contribution in [2.75, 3.05) is 12.3 Å². The first-order chi connectivity index (χ1) is 12.3. The minimum atomic E-state index is -4.57. The molecule has 1 aliphatic rings. The van der Waals surface area contributed by atoms with E-state index in [-0.39, 0.29) is 40.4 Å². The number of halogens is 3. The predicted molar refractivity (Wildman–Crippen MR) is 97.1 cm³/mol. The molecule has 0 bridgehead atoms. The fraction of sp³-hybridized carbons (Fsp3) is 0.632. The van der Waals surface area contributed by atoms with Crippen LogP contribution in [-0.4, -0.2) is 32.5 Å². The van der Waals surface area contributed by atoms with E-state index in [1.54, 1.807) is 0 Å². The number of sulfone groups is 1. The standard InChI is InChI=1S/C19H26F3NO3S/c1-18(2,3)10-16(24)11-23-15-7-13(8-15)12-27(25,26)17-6-4-5-14(9-17)19(20,21)22/h4-6,9,13,15,23H,7-8,10-12H2,1-3H3. The molecule has 0 aliphatic heterocycles. The van der Waals surface area contributed by atoms with Crippen LogP contribution < -0.4 is 5.32 Å². The van der Waals surface area contributed by atoms with Crippen molar-refractivity contribution in [3.63, 3.8) is 0 Å². The summed E-state index contributed by atoms with van der Waals surface area (Å²) in [6, 6.07) is 3.94. The van der Waals surface area contributed by atoms with Gasteiger partial charge in [-0.1, -0.05) is 26.8 Å². The van der Waals surface area contributed by atoms with Gasteiger partial charge in [-0.25, -0.2) is 8.42 Å². The molecule has 0 radical (unpaired) electrons. The van der Waals surface area contributed by atoms with E-state index < -0.39 is 21.6 Å². The highest BCUT2D eigenvalue weighted by Crippen LogP contribution is 2.33. The Balaban J connectivity index is 1.85. The average molecular weight is 405 g/mol. The van der Waals surface area contributed by atoms with Crippen LogP contribution in [0.1, 0.15) is 45.6 Å². The number of alkyl halides is 3. The molecule has 1 aliphatic carbocycles. The molecule has 0 unspecified atom stereocenters. The van der Waals surface area contributed by atoms with Gasteiger partial charge in [-0.05, 0) is 42.4 Å². The molecule has 0 aromatic heterocycles. The van der Waals surface area contributed by atoms with Crippen LogP contribution in [0.25, 0.3) is 0 Å². The third kappa shape index (κ3) is 6.60. The van der Waals surface area contributed by atoms with Crippen molar-refractivity contribution in [1.29, 1.82) is 0 Å². The maximum atomic E-state index is 12.8. The normalized spacial score (nSPS) is 21.0. The second-order valence-corrected chi connectivity index (χ2v) is 10.5. The monoisotopic (exact) mass is 405 g/mol. The Hall–Kier alpha value is -1.41.